The van der Waals surface area contributed by atoms with Crippen LogP contribution in [0.1, 0.15) is 25.8 Å². The molecule has 2 amide bonds. The van der Waals surface area contributed by atoms with E-state index in [0.717, 1.165) is 31.1 Å². The number of hydrogen-bond acceptors (Lipinski definition) is 5. The van der Waals surface area contributed by atoms with Gasteiger partial charge in [0.1, 0.15) is 6.42 Å². The summed E-state index contributed by atoms with van der Waals surface area (Å²) in [6.07, 6.45) is -0.0606. The fourth-order valence-corrected chi connectivity index (χ4v) is 3.08. The van der Waals surface area contributed by atoms with Crippen molar-refractivity contribution in [2.45, 2.75) is 26.8 Å². The van der Waals surface area contributed by atoms with Crippen LogP contribution in [0.5, 0.6) is 11.5 Å². The van der Waals surface area contributed by atoms with E-state index in [9.17, 15) is 9.59 Å². The van der Waals surface area contributed by atoms with E-state index in [0.29, 0.717) is 25.6 Å². The Morgan fingerprint density at radius 2 is 1.85 bits per heavy atom. The van der Waals surface area contributed by atoms with Crippen molar-refractivity contribution >= 4 is 11.8 Å². The van der Waals surface area contributed by atoms with Crippen molar-refractivity contribution in [2.75, 3.05) is 39.5 Å². The zero-order chi connectivity index (χ0) is 18.5. The monoisotopic (exact) mass is 361 g/mol. The van der Waals surface area contributed by atoms with Crippen molar-refractivity contribution in [3.8, 4) is 11.5 Å². The molecule has 1 aromatic carbocycles. The van der Waals surface area contributed by atoms with Gasteiger partial charge in [-0.05, 0) is 23.6 Å². The van der Waals surface area contributed by atoms with Crippen LogP contribution in [-0.2, 0) is 16.1 Å². The first-order valence-electron chi connectivity index (χ1n) is 9.16. The highest BCUT2D eigenvalue weighted by molar-refractivity contribution is 5.96. The molecule has 0 radical (unpaired) electrons. The van der Waals surface area contributed by atoms with Gasteiger partial charge in [0.15, 0.2) is 11.5 Å². The lowest BCUT2D eigenvalue weighted by Gasteiger charge is -2.34. The number of piperazine rings is 1. The number of rotatable bonds is 6. The normalized spacial score (nSPS) is 16.8. The second-order valence-corrected chi connectivity index (χ2v) is 7.22. The average Bonchev–Trinajstić information content (AvgIpc) is 3.08. The molecule has 1 fully saturated rings. The van der Waals surface area contributed by atoms with Gasteiger partial charge in [0.05, 0.1) is 0 Å². The summed E-state index contributed by atoms with van der Waals surface area (Å²) in [6.45, 7) is 8.67. The van der Waals surface area contributed by atoms with Gasteiger partial charge in [-0.1, -0.05) is 19.9 Å². The summed E-state index contributed by atoms with van der Waals surface area (Å²) in [5.41, 5.74) is 1.17. The van der Waals surface area contributed by atoms with Gasteiger partial charge >= 0.3 is 0 Å². The Balaban J connectivity index is 1.42. The zero-order valence-electron chi connectivity index (χ0n) is 15.5. The highest BCUT2D eigenvalue weighted by Crippen LogP contribution is 2.32. The van der Waals surface area contributed by atoms with Crippen LogP contribution in [0.3, 0.4) is 0 Å². The first kappa shape index (κ1) is 18.5. The molecule has 7 nitrogen and oxygen atoms in total. The zero-order valence-corrected chi connectivity index (χ0v) is 15.5. The number of carbonyl (C=O) groups is 2. The van der Waals surface area contributed by atoms with Crippen molar-refractivity contribution in [3.05, 3.63) is 23.8 Å². The number of nitrogens with one attached hydrogen (secondary N) is 1. The molecular weight excluding hydrogens is 334 g/mol. The molecule has 0 saturated carbocycles. The third-order valence-electron chi connectivity index (χ3n) is 4.59. The van der Waals surface area contributed by atoms with Gasteiger partial charge in [-0.2, -0.15) is 0 Å². The molecular formula is C19H27N3O4. The largest absolute Gasteiger partial charge is 0.454 e. The molecule has 1 N–H and O–H groups in total. The van der Waals surface area contributed by atoms with E-state index in [1.165, 1.54) is 5.56 Å². The summed E-state index contributed by atoms with van der Waals surface area (Å²) < 4.78 is 10.7. The molecule has 3 rings (SSSR count). The minimum Gasteiger partial charge on any atom is -0.454 e. The second kappa shape index (κ2) is 8.40. The maximum absolute atomic E-state index is 12.3. The topological polar surface area (TPSA) is 71.1 Å². The summed E-state index contributed by atoms with van der Waals surface area (Å²) in [6, 6.07) is 6.00. The molecule has 2 aliphatic rings. The molecule has 1 saturated heterocycles. The summed E-state index contributed by atoms with van der Waals surface area (Å²) in [7, 11) is 0. The van der Waals surface area contributed by atoms with E-state index >= 15 is 0 Å². The van der Waals surface area contributed by atoms with Gasteiger partial charge in [0.25, 0.3) is 0 Å². The number of amides is 2. The van der Waals surface area contributed by atoms with Crippen molar-refractivity contribution in [2.24, 2.45) is 5.92 Å². The summed E-state index contributed by atoms with van der Waals surface area (Å²) in [4.78, 5) is 28.2. The lowest BCUT2D eigenvalue weighted by Crippen LogP contribution is -2.49. The van der Waals surface area contributed by atoms with Crippen LogP contribution in [0.2, 0.25) is 0 Å². The van der Waals surface area contributed by atoms with E-state index in [4.69, 9.17) is 9.47 Å². The van der Waals surface area contributed by atoms with E-state index in [1.807, 2.05) is 32.0 Å². The van der Waals surface area contributed by atoms with Gasteiger partial charge in [0, 0.05) is 39.3 Å². The van der Waals surface area contributed by atoms with E-state index in [2.05, 4.69) is 10.2 Å². The molecule has 142 valence electrons. The van der Waals surface area contributed by atoms with Crippen LogP contribution in [-0.4, -0.2) is 61.1 Å². The smallest absolute Gasteiger partial charge is 0.232 e. The van der Waals surface area contributed by atoms with Crippen molar-refractivity contribution < 1.29 is 19.1 Å². The number of fused-ring (bicyclic) bond motifs is 1. The first-order chi connectivity index (χ1) is 12.5. The standard InChI is InChI=1S/C19H27N3O4/c1-14(2)11-20-18(23)10-19(24)22-7-5-21(6-8-22)12-15-3-4-16-17(9-15)26-13-25-16/h3-4,9,14H,5-8,10-13H2,1-2H3,(H,20,23). The molecule has 2 heterocycles. The van der Waals surface area contributed by atoms with Gasteiger partial charge < -0.3 is 19.7 Å². The Hall–Kier alpha value is -2.28. The number of hydrogen-bond donors (Lipinski definition) is 1. The summed E-state index contributed by atoms with van der Waals surface area (Å²) in [5.74, 6) is 1.69. The van der Waals surface area contributed by atoms with Crippen LogP contribution < -0.4 is 14.8 Å². The fourth-order valence-electron chi connectivity index (χ4n) is 3.08. The van der Waals surface area contributed by atoms with Crippen LogP contribution in [0.15, 0.2) is 18.2 Å². The minimum atomic E-state index is -0.188. The number of benzene rings is 1. The first-order valence-corrected chi connectivity index (χ1v) is 9.16. The number of ether oxygens (including phenoxy) is 2. The van der Waals surface area contributed by atoms with Gasteiger partial charge in [-0.25, -0.2) is 0 Å². The predicted octanol–water partition coefficient (Wildman–Crippen LogP) is 1.22. The number of nitrogens with zero attached hydrogens (tertiary/aromatic N) is 2. The van der Waals surface area contributed by atoms with Crippen LogP contribution in [0, 0.1) is 5.92 Å². The Bertz CT molecular complexity index is 654. The van der Waals surface area contributed by atoms with Crippen molar-refractivity contribution in [1.29, 1.82) is 0 Å². The van der Waals surface area contributed by atoms with Gasteiger partial charge in [-0.3, -0.25) is 14.5 Å². The highest BCUT2D eigenvalue weighted by atomic mass is 16.7. The maximum Gasteiger partial charge on any atom is 0.232 e. The summed E-state index contributed by atoms with van der Waals surface area (Å²) >= 11 is 0. The molecule has 0 atom stereocenters. The quantitative estimate of drug-likeness (QED) is 0.772. The van der Waals surface area contributed by atoms with E-state index in [-0.39, 0.29) is 25.0 Å². The molecule has 0 unspecified atom stereocenters. The Morgan fingerprint density at radius 1 is 1.12 bits per heavy atom. The lowest BCUT2D eigenvalue weighted by atomic mass is 10.1. The molecule has 0 spiro atoms. The summed E-state index contributed by atoms with van der Waals surface area (Å²) in [5, 5.41) is 2.80. The van der Waals surface area contributed by atoms with Crippen LogP contribution >= 0.6 is 0 Å². The SMILES string of the molecule is CC(C)CNC(=O)CC(=O)N1CCN(Cc2ccc3c(c2)OCO3)CC1. The van der Waals surface area contributed by atoms with E-state index in [1.54, 1.807) is 4.90 Å². The molecule has 0 bridgehead atoms. The van der Waals surface area contributed by atoms with Gasteiger partial charge in [-0.15, -0.1) is 0 Å². The second-order valence-electron chi connectivity index (χ2n) is 7.22. The average molecular weight is 361 g/mol. The van der Waals surface area contributed by atoms with Crippen LogP contribution in [0.4, 0.5) is 0 Å². The molecule has 0 aliphatic carbocycles. The highest BCUT2D eigenvalue weighted by Gasteiger charge is 2.23. The van der Waals surface area contributed by atoms with Crippen molar-refractivity contribution in [3.63, 3.8) is 0 Å². The van der Waals surface area contributed by atoms with Crippen LogP contribution in [0.25, 0.3) is 0 Å². The molecule has 26 heavy (non-hydrogen) atoms. The lowest BCUT2D eigenvalue weighted by molar-refractivity contribution is -0.137. The fraction of sp³-hybridized carbons (Fsp3) is 0.579. The molecule has 2 aliphatic heterocycles. The Morgan fingerprint density at radius 3 is 2.58 bits per heavy atom. The van der Waals surface area contributed by atoms with Crippen molar-refractivity contribution in [1.82, 2.24) is 15.1 Å². The Labute approximate surface area is 154 Å². The Kier molecular flexibility index (Phi) is 5.98. The molecule has 1 aromatic rings. The maximum atomic E-state index is 12.3. The number of carbonyl (C=O) groups excluding carboxylic acids is 2. The minimum absolute atomic E-state index is 0.0606. The molecule has 7 heteroatoms. The van der Waals surface area contributed by atoms with E-state index < -0.39 is 0 Å². The predicted molar refractivity (Wildman–Crippen MR) is 96.9 cm³/mol. The third-order valence-corrected chi connectivity index (χ3v) is 4.59. The van der Waals surface area contributed by atoms with Gasteiger partial charge in [0.2, 0.25) is 18.6 Å². The molecule has 0 aromatic heterocycles. The third kappa shape index (κ3) is 4.88.